The van der Waals surface area contributed by atoms with Crippen molar-refractivity contribution in [2.24, 2.45) is 5.92 Å². The zero-order valence-electron chi connectivity index (χ0n) is 10.5. The van der Waals surface area contributed by atoms with Gasteiger partial charge in [0.2, 0.25) is 0 Å². The number of anilines is 1. The smallest absolute Gasteiger partial charge is 0.139 e. The lowest BCUT2D eigenvalue weighted by atomic mass is 9.79. The van der Waals surface area contributed by atoms with Gasteiger partial charge in [0.15, 0.2) is 0 Å². The summed E-state index contributed by atoms with van der Waals surface area (Å²) in [6, 6.07) is 8.75. The molecule has 0 bridgehead atoms. The van der Waals surface area contributed by atoms with Gasteiger partial charge in [-0.25, -0.2) is 0 Å². The molecule has 0 amide bonds. The average Bonchev–Trinajstić information content (AvgIpc) is 2.71. The quantitative estimate of drug-likeness (QED) is 0.844. The van der Waals surface area contributed by atoms with Gasteiger partial charge in [-0.1, -0.05) is 38.5 Å². The number of hydrogen-bond donors (Lipinski definition) is 1. The van der Waals surface area contributed by atoms with Gasteiger partial charge in [-0.15, -0.1) is 0 Å². The monoisotopic (exact) mass is 229 g/mol. The molecule has 1 heterocycles. The van der Waals surface area contributed by atoms with Crippen molar-refractivity contribution in [3.8, 4) is 0 Å². The normalized spacial score (nSPS) is 34.4. The molecule has 1 saturated carbocycles. The maximum absolute atomic E-state index is 12.2. The van der Waals surface area contributed by atoms with Crippen molar-refractivity contribution in [2.45, 2.75) is 44.6 Å². The van der Waals surface area contributed by atoms with Gasteiger partial charge in [0.1, 0.15) is 5.78 Å². The highest BCUT2D eigenvalue weighted by Gasteiger charge is 2.54. The highest BCUT2D eigenvalue weighted by atomic mass is 16.1. The van der Waals surface area contributed by atoms with Crippen LogP contribution in [0.3, 0.4) is 0 Å². The lowest BCUT2D eigenvalue weighted by Crippen LogP contribution is -2.35. The van der Waals surface area contributed by atoms with E-state index in [0.29, 0.717) is 18.2 Å². The zero-order chi connectivity index (χ0) is 12.0. The van der Waals surface area contributed by atoms with Crippen LogP contribution >= 0.6 is 0 Å². The standard InChI is InChI=1S/C15H19NO/c1-3-6-10-13(17)9-15(2)11-7-4-5-8-12(11)16-14(10)15/h4-5,7-8,10,14,16H,3,6,9H2,1-2H3/t10?,14-,15?/m0/s1. The van der Waals surface area contributed by atoms with E-state index >= 15 is 0 Å². The first kappa shape index (κ1) is 10.8. The fourth-order valence-corrected chi connectivity index (χ4v) is 3.67. The van der Waals surface area contributed by atoms with Gasteiger partial charge in [0.25, 0.3) is 0 Å². The van der Waals surface area contributed by atoms with Crippen LogP contribution in [0, 0.1) is 5.92 Å². The molecule has 0 saturated heterocycles. The molecule has 2 nitrogen and oxygen atoms in total. The van der Waals surface area contributed by atoms with Gasteiger partial charge >= 0.3 is 0 Å². The summed E-state index contributed by atoms with van der Waals surface area (Å²) in [5.41, 5.74) is 2.58. The Morgan fingerprint density at radius 3 is 2.94 bits per heavy atom. The van der Waals surface area contributed by atoms with E-state index in [-0.39, 0.29) is 11.3 Å². The first-order chi connectivity index (χ1) is 8.16. The van der Waals surface area contributed by atoms with Crippen molar-refractivity contribution >= 4 is 11.5 Å². The van der Waals surface area contributed by atoms with E-state index in [2.05, 4.69) is 43.4 Å². The molecule has 2 unspecified atom stereocenters. The van der Waals surface area contributed by atoms with Gasteiger partial charge in [0, 0.05) is 29.5 Å². The molecular formula is C15H19NO. The predicted octanol–water partition coefficient (Wildman–Crippen LogP) is 3.13. The van der Waals surface area contributed by atoms with Crippen molar-refractivity contribution in [3.63, 3.8) is 0 Å². The zero-order valence-corrected chi connectivity index (χ0v) is 10.5. The number of carbonyl (C=O) groups excluding carboxylic acids is 1. The Labute approximate surface area is 102 Å². The van der Waals surface area contributed by atoms with E-state index in [9.17, 15) is 4.79 Å². The SMILES string of the molecule is CCCC1C(=O)CC2(C)c3ccccc3N[C@@H]12. The molecule has 0 aromatic heterocycles. The number of benzene rings is 1. The molecule has 2 aliphatic rings. The number of nitrogens with one attached hydrogen (secondary N) is 1. The minimum atomic E-state index is 0.0213. The summed E-state index contributed by atoms with van der Waals surface area (Å²) in [6.07, 6.45) is 2.80. The Balaban J connectivity index is 2.03. The molecule has 1 aliphatic carbocycles. The molecule has 1 fully saturated rings. The van der Waals surface area contributed by atoms with E-state index in [4.69, 9.17) is 0 Å². The highest BCUT2D eigenvalue weighted by Crippen LogP contribution is 2.51. The molecule has 1 aromatic rings. The van der Waals surface area contributed by atoms with Gasteiger partial charge in [-0.2, -0.15) is 0 Å². The Kier molecular flexibility index (Phi) is 2.29. The summed E-state index contributed by atoms with van der Waals surface area (Å²) in [5, 5.41) is 3.58. The van der Waals surface area contributed by atoms with Gasteiger partial charge < -0.3 is 5.32 Å². The van der Waals surface area contributed by atoms with Gasteiger partial charge in [-0.3, -0.25) is 4.79 Å². The van der Waals surface area contributed by atoms with E-state index < -0.39 is 0 Å². The summed E-state index contributed by atoms with van der Waals surface area (Å²) in [6.45, 7) is 4.40. The first-order valence-corrected chi connectivity index (χ1v) is 6.55. The second-order valence-electron chi connectivity index (χ2n) is 5.62. The number of Topliss-reactive ketones (excluding diaryl/α,β-unsaturated/α-hetero) is 1. The van der Waals surface area contributed by atoms with E-state index in [1.807, 2.05) is 0 Å². The molecule has 1 aliphatic heterocycles. The maximum atomic E-state index is 12.2. The van der Waals surface area contributed by atoms with Crippen molar-refractivity contribution in [3.05, 3.63) is 29.8 Å². The third-order valence-electron chi connectivity index (χ3n) is 4.50. The summed E-state index contributed by atoms with van der Waals surface area (Å²) in [7, 11) is 0. The minimum Gasteiger partial charge on any atom is -0.380 e. The van der Waals surface area contributed by atoms with Crippen LogP contribution in [0.5, 0.6) is 0 Å². The largest absolute Gasteiger partial charge is 0.380 e. The van der Waals surface area contributed by atoms with Crippen molar-refractivity contribution < 1.29 is 4.79 Å². The van der Waals surface area contributed by atoms with Crippen LogP contribution < -0.4 is 5.32 Å². The Morgan fingerprint density at radius 1 is 1.41 bits per heavy atom. The lowest BCUT2D eigenvalue weighted by Gasteiger charge is -2.26. The predicted molar refractivity (Wildman–Crippen MR) is 69.2 cm³/mol. The Morgan fingerprint density at radius 2 is 2.18 bits per heavy atom. The van der Waals surface area contributed by atoms with E-state index in [0.717, 1.165) is 12.8 Å². The number of rotatable bonds is 2. The van der Waals surface area contributed by atoms with Crippen LogP contribution in [0.1, 0.15) is 38.7 Å². The molecule has 3 atom stereocenters. The topological polar surface area (TPSA) is 29.1 Å². The molecule has 3 rings (SSSR count). The number of hydrogen-bond acceptors (Lipinski definition) is 2. The minimum absolute atomic E-state index is 0.0213. The van der Waals surface area contributed by atoms with Crippen LogP contribution in [0.15, 0.2) is 24.3 Å². The van der Waals surface area contributed by atoms with Crippen molar-refractivity contribution in [1.29, 1.82) is 0 Å². The third kappa shape index (κ3) is 1.36. The van der Waals surface area contributed by atoms with Gasteiger partial charge in [0.05, 0.1) is 0 Å². The van der Waals surface area contributed by atoms with Crippen LogP contribution in [0.2, 0.25) is 0 Å². The molecule has 17 heavy (non-hydrogen) atoms. The van der Waals surface area contributed by atoms with Crippen LogP contribution in [0.4, 0.5) is 5.69 Å². The molecule has 2 heteroatoms. The van der Waals surface area contributed by atoms with E-state index in [1.165, 1.54) is 11.3 Å². The highest BCUT2D eigenvalue weighted by molar-refractivity contribution is 5.89. The van der Waals surface area contributed by atoms with Crippen LogP contribution in [0.25, 0.3) is 0 Å². The lowest BCUT2D eigenvalue weighted by molar-refractivity contribution is -0.121. The maximum Gasteiger partial charge on any atom is 0.139 e. The van der Waals surface area contributed by atoms with Crippen LogP contribution in [-0.4, -0.2) is 11.8 Å². The molecule has 1 aromatic carbocycles. The summed E-state index contributed by atoms with van der Waals surface area (Å²) >= 11 is 0. The number of para-hydroxylation sites is 1. The van der Waals surface area contributed by atoms with E-state index in [1.54, 1.807) is 0 Å². The second-order valence-corrected chi connectivity index (χ2v) is 5.62. The molecule has 0 spiro atoms. The molecule has 90 valence electrons. The number of carbonyl (C=O) groups is 1. The number of ketones is 1. The molecule has 0 radical (unpaired) electrons. The number of fused-ring (bicyclic) bond motifs is 3. The summed E-state index contributed by atoms with van der Waals surface area (Å²) < 4.78 is 0. The average molecular weight is 229 g/mol. The second kappa shape index (κ2) is 3.59. The van der Waals surface area contributed by atoms with Crippen LogP contribution in [-0.2, 0) is 10.2 Å². The molecule has 1 N–H and O–H groups in total. The van der Waals surface area contributed by atoms with Crippen molar-refractivity contribution in [2.75, 3.05) is 5.32 Å². The Bertz CT molecular complexity index is 468. The van der Waals surface area contributed by atoms with Gasteiger partial charge in [-0.05, 0) is 18.1 Å². The third-order valence-corrected chi connectivity index (χ3v) is 4.50. The first-order valence-electron chi connectivity index (χ1n) is 6.55. The fraction of sp³-hybridized carbons (Fsp3) is 0.533. The summed E-state index contributed by atoms with van der Waals surface area (Å²) in [5.74, 6) is 0.652. The van der Waals surface area contributed by atoms with Crippen molar-refractivity contribution in [1.82, 2.24) is 0 Å². The fourth-order valence-electron chi connectivity index (χ4n) is 3.67. The Hall–Kier alpha value is -1.31. The summed E-state index contributed by atoms with van der Waals surface area (Å²) in [4.78, 5) is 12.2. The molecular weight excluding hydrogens is 210 g/mol.